The molecule has 0 N–H and O–H groups in total. The fraction of sp³-hybridized carbons (Fsp3) is 1.00. The van der Waals surface area contributed by atoms with Gasteiger partial charge in [-0.15, -0.1) is 139 Å². The van der Waals surface area contributed by atoms with Crippen LogP contribution >= 0.6 is 174 Å². The molecule has 0 aromatic carbocycles. The first-order chi connectivity index (χ1) is 29.7. The predicted octanol–water partition coefficient (Wildman–Crippen LogP) is 16.6. The molecular weight excluding hydrogens is 1230 g/mol. The Morgan fingerprint density at radius 2 is 0.262 bits per heavy atom. The zero-order valence-corrected chi connectivity index (χ0v) is 52.6. The number of alkyl halides is 12. The summed E-state index contributed by atoms with van der Waals surface area (Å²) in [6.07, 6.45) is 0. The number of rotatable bonds is 36. The SMILES string of the molecule is CC(Cl)COP(OCC(C)Cl)OCC(C)Cl.CC(Cl)COP(OCC(C)Cl)OCC(C)Cl.CC(Cl)COP(OCC(C)Cl)OCC(C)Cl.CC(Cl)COP(OCC(C)Cl)OCC(C)Cl.[Ni]. The van der Waals surface area contributed by atoms with E-state index in [1.807, 2.05) is 83.1 Å². The molecule has 0 aliphatic rings. The van der Waals surface area contributed by atoms with E-state index in [1.54, 1.807) is 0 Å². The second kappa shape index (κ2) is 54.0. The van der Waals surface area contributed by atoms with Crippen molar-refractivity contribution >= 4 is 174 Å². The predicted molar refractivity (Wildman–Crippen MR) is 283 cm³/mol. The van der Waals surface area contributed by atoms with Gasteiger partial charge in [-0.1, -0.05) is 0 Å². The van der Waals surface area contributed by atoms with Crippen LogP contribution in [-0.2, 0) is 70.8 Å². The zero-order chi connectivity index (χ0) is 50.2. The van der Waals surface area contributed by atoms with Gasteiger partial charge >= 0.3 is 34.4 Å². The molecule has 0 heterocycles. The minimum absolute atomic E-state index is 0. The molecule has 12 unspecified atom stereocenters. The van der Waals surface area contributed by atoms with Crippen molar-refractivity contribution in [3.63, 3.8) is 0 Å². The summed E-state index contributed by atoms with van der Waals surface area (Å²) in [6, 6.07) is 0. The Kier molecular flexibility index (Phi) is 65.7. The quantitative estimate of drug-likeness (QED) is 0.0338. The summed E-state index contributed by atoms with van der Waals surface area (Å²) < 4.78 is 64.5. The molecule has 12 atom stereocenters. The van der Waals surface area contributed by atoms with E-state index in [1.165, 1.54) is 0 Å². The van der Waals surface area contributed by atoms with Crippen LogP contribution in [0.3, 0.4) is 0 Å². The van der Waals surface area contributed by atoms with E-state index in [0.29, 0.717) is 79.3 Å². The second-order valence-corrected chi connectivity index (χ2v) is 27.6. The molecule has 0 aliphatic heterocycles. The number of hydrogen-bond donors (Lipinski definition) is 0. The standard InChI is InChI=1S/4C9H18Cl3O3P.Ni/c4*1-7(10)4-13-16(14-5-8(2)11)15-6-9(3)12;/h4*7-9H,4-6H2,1-3H3;. The Morgan fingerprint density at radius 3 is 0.308 bits per heavy atom. The Labute approximate surface area is 467 Å². The van der Waals surface area contributed by atoms with Gasteiger partial charge in [-0.05, 0) is 83.1 Å². The molecule has 0 saturated carbocycles. The Hall–Kier alpha value is 5.21. The van der Waals surface area contributed by atoms with Crippen molar-refractivity contribution in [3.05, 3.63) is 0 Å². The molecule has 0 fully saturated rings. The summed E-state index contributed by atoms with van der Waals surface area (Å²) in [5.74, 6) is 0. The minimum atomic E-state index is -1.41. The molecule has 0 aliphatic carbocycles. The number of halogens is 12. The maximum atomic E-state index is 5.77. The summed E-state index contributed by atoms with van der Waals surface area (Å²) in [6.45, 7) is 26.5. The third-order valence-corrected chi connectivity index (χ3v) is 10.7. The third kappa shape index (κ3) is 73.5. The van der Waals surface area contributed by atoms with Gasteiger partial charge in [-0.2, -0.15) is 0 Å². The van der Waals surface area contributed by atoms with E-state index >= 15 is 0 Å². The van der Waals surface area contributed by atoms with Gasteiger partial charge in [0, 0.05) is 16.5 Å². The van der Waals surface area contributed by atoms with E-state index in [4.69, 9.17) is 193 Å². The summed E-state index contributed by atoms with van der Waals surface area (Å²) in [5.41, 5.74) is 0. The van der Waals surface area contributed by atoms with Gasteiger partial charge < -0.3 is 54.3 Å². The van der Waals surface area contributed by atoms with E-state index in [2.05, 4.69) is 0 Å². The van der Waals surface area contributed by atoms with Crippen molar-refractivity contribution < 1.29 is 70.8 Å². The summed E-state index contributed by atoms with van der Waals surface area (Å²) >= 11 is 69.2. The van der Waals surface area contributed by atoms with Crippen molar-refractivity contribution in [2.24, 2.45) is 0 Å². The molecule has 0 spiro atoms. The van der Waals surface area contributed by atoms with Gasteiger partial charge in [0.2, 0.25) is 0 Å². The van der Waals surface area contributed by atoms with E-state index in [0.717, 1.165) is 0 Å². The minimum Gasteiger partial charge on any atom is -0.311 e. The molecule has 0 amide bonds. The molecular formula is C36H72Cl12NiO12P4. The van der Waals surface area contributed by atoms with E-state index < -0.39 is 34.4 Å². The maximum absolute atomic E-state index is 5.77. The van der Waals surface area contributed by atoms with Crippen molar-refractivity contribution in [1.29, 1.82) is 0 Å². The molecule has 12 nitrogen and oxygen atoms in total. The van der Waals surface area contributed by atoms with Gasteiger partial charge in [0.1, 0.15) is 0 Å². The molecule has 0 radical (unpaired) electrons. The Bertz CT molecular complexity index is 718. The van der Waals surface area contributed by atoms with Crippen LogP contribution in [0.1, 0.15) is 83.1 Å². The van der Waals surface area contributed by atoms with Gasteiger partial charge in [0.05, 0.1) is 144 Å². The van der Waals surface area contributed by atoms with Crippen molar-refractivity contribution in [1.82, 2.24) is 0 Å². The molecule has 402 valence electrons. The van der Waals surface area contributed by atoms with Crippen LogP contribution in [0, 0.1) is 0 Å². The fourth-order valence-corrected chi connectivity index (χ4v) is 9.26. The van der Waals surface area contributed by atoms with Gasteiger partial charge in [0.25, 0.3) is 0 Å². The Balaban J connectivity index is -0.000000245. The molecule has 0 aromatic rings. The normalized spacial score (nSPS) is 18.8. The topological polar surface area (TPSA) is 111 Å². The van der Waals surface area contributed by atoms with Crippen molar-refractivity contribution in [2.45, 2.75) is 148 Å². The van der Waals surface area contributed by atoms with Gasteiger partial charge in [-0.25, -0.2) is 0 Å². The van der Waals surface area contributed by atoms with Crippen LogP contribution in [0.15, 0.2) is 0 Å². The summed E-state index contributed by atoms with van der Waals surface area (Å²) in [4.78, 5) is 0. The average Bonchev–Trinajstić information content (AvgIpc) is 3.16. The van der Waals surface area contributed by atoms with Crippen LogP contribution < -0.4 is 0 Å². The first kappa shape index (κ1) is 79.1. The van der Waals surface area contributed by atoms with Gasteiger partial charge in [0.15, 0.2) is 0 Å². The van der Waals surface area contributed by atoms with Crippen LogP contribution in [0.25, 0.3) is 0 Å². The summed E-state index contributed by atoms with van der Waals surface area (Å²) in [5, 5.41) is -1.01. The Morgan fingerprint density at radius 1 is 0.200 bits per heavy atom. The molecule has 0 saturated heterocycles. The fourth-order valence-electron chi connectivity index (χ4n) is 2.41. The first-order valence-electron chi connectivity index (χ1n) is 20.1. The molecule has 0 rings (SSSR count). The average molecular weight is 1300 g/mol. The maximum Gasteiger partial charge on any atom is 0.332 e. The smallest absolute Gasteiger partial charge is 0.311 e. The van der Waals surface area contributed by atoms with Crippen LogP contribution in [0.4, 0.5) is 0 Å². The molecule has 0 aromatic heterocycles. The van der Waals surface area contributed by atoms with Crippen LogP contribution in [0.2, 0.25) is 0 Å². The number of hydrogen-bond acceptors (Lipinski definition) is 12. The molecule has 29 heteroatoms. The van der Waals surface area contributed by atoms with Crippen molar-refractivity contribution in [3.8, 4) is 0 Å². The third-order valence-electron chi connectivity index (χ3n) is 4.92. The van der Waals surface area contributed by atoms with E-state index in [-0.39, 0.29) is 81.0 Å². The van der Waals surface area contributed by atoms with Crippen LogP contribution in [0.5, 0.6) is 0 Å². The van der Waals surface area contributed by atoms with E-state index in [9.17, 15) is 0 Å². The first-order valence-corrected chi connectivity index (χ1v) is 29.7. The molecule has 0 bridgehead atoms. The molecule has 65 heavy (non-hydrogen) atoms. The monoisotopic (exact) mass is 1300 g/mol. The summed E-state index contributed by atoms with van der Waals surface area (Å²) in [7, 11) is -5.65. The van der Waals surface area contributed by atoms with Crippen LogP contribution in [-0.4, -0.2) is 144 Å². The zero-order valence-electron chi connectivity index (χ0n) is 39.0. The second-order valence-electron chi connectivity index (χ2n) is 13.8. The van der Waals surface area contributed by atoms with Crippen molar-refractivity contribution in [2.75, 3.05) is 79.3 Å². The van der Waals surface area contributed by atoms with Gasteiger partial charge in [-0.3, -0.25) is 0 Å². The largest absolute Gasteiger partial charge is 0.332 e.